The summed E-state index contributed by atoms with van der Waals surface area (Å²) in [7, 11) is 1.60. The van der Waals surface area contributed by atoms with Gasteiger partial charge in [-0.3, -0.25) is 0 Å². The Morgan fingerprint density at radius 2 is 2.12 bits per heavy atom. The number of ether oxygens (including phenoxy) is 1. The highest BCUT2D eigenvalue weighted by atomic mass is 16.5. The summed E-state index contributed by atoms with van der Waals surface area (Å²) in [4.78, 5) is 11.0. The molecule has 0 saturated heterocycles. The molecule has 0 saturated carbocycles. The lowest BCUT2D eigenvalue weighted by atomic mass is 10.2. The molecule has 0 radical (unpaired) electrons. The summed E-state index contributed by atoms with van der Waals surface area (Å²) in [5.74, 6) is -0.180. The lowest BCUT2D eigenvalue weighted by molar-refractivity contribution is 0.0688. The highest BCUT2D eigenvalue weighted by Gasteiger charge is 2.11. The Balaban J connectivity index is 2.53. The molecule has 4 nitrogen and oxygen atoms in total. The lowest BCUT2D eigenvalue weighted by Crippen LogP contribution is -2.06. The van der Waals surface area contributed by atoms with Crippen molar-refractivity contribution in [1.29, 1.82) is 0 Å². The second-order valence-corrected chi connectivity index (χ2v) is 3.72. The lowest BCUT2D eigenvalue weighted by Gasteiger charge is -2.11. The fourth-order valence-corrected chi connectivity index (χ4v) is 1.79. The van der Waals surface area contributed by atoms with E-state index in [9.17, 15) is 4.79 Å². The van der Waals surface area contributed by atoms with Crippen molar-refractivity contribution < 1.29 is 14.6 Å². The van der Waals surface area contributed by atoms with Crippen LogP contribution in [0.5, 0.6) is 5.75 Å². The van der Waals surface area contributed by atoms with E-state index < -0.39 is 5.97 Å². The van der Waals surface area contributed by atoms with Gasteiger partial charge in [-0.15, -0.1) is 0 Å². The molecule has 0 atom stereocenters. The highest BCUT2D eigenvalue weighted by molar-refractivity contribution is 5.86. The number of carboxylic acids is 1. The number of aromatic carboxylic acids is 1. The summed E-state index contributed by atoms with van der Waals surface area (Å²) in [6.07, 6.45) is 1.73. The second kappa shape index (κ2) is 4.33. The van der Waals surface area contributed by atoms with Crippen molar-refractivity contribution in [2.24, 2.45) is 0 Å². The quantitative estimate of drug-likeness (QED) is 0.882. The second-order valence-electron chi connectivity index (χ2n) is 3.72. The maximum absolute atomic E-state index is 11.0. The molecule has 1 N–H and O–H groups in total. The molecule has 4 heteroatoms. The van der Waals surface area contributed by atoms with Crippen molar-refractivity contribution >= 4 is 5.97 Å². The molecule has 0 unspecified atom stereocenters. The number of aryl methyl sites for hydroxylation is 1. The zero-order valence-corrected chi connectivity index (χ0v) is 9.68. The molecule has 0 fully saturated rings. The van der Waals surface area contributed by atoms with E-state index in [2.05, 4.69) is 0 Å². The van der Waals surface area contributed by atoms with Crippen molar-refractivity contribution in [2.45, 2.75) is 6.92 Å². The number of carboxylic acid groups (broad SMARTS) is 1. The van der Waals surface area contributed by atoms with Crippen molar-refractivity contribution in [2.75, 3.05) is 7.11 Å². The highest BCUT2D eigenvalue weighted by Crippen LogP contribution is 2.22. The van der Waals surface area contributed by atoms with Gasteiger partial charge in [-0.1, -0.05) is 0 Å². The predicted octanol–water partition coefficient (Wildman–Crippen LogP) is 2.49. The largest absolute Gasteiger partial charge is 0.497 e. The van der Waals surface area contributed by atoms with E-state index in [1.807, 2.05) is 25.1 Å². The van der Waals surface area contributed by atoms with Gasteiger partial charge in [0, 0.05) is 11.9 Å². The van der Waals surface area contributed by atoms with E-state index in [0.717, 1.165) is 17.0 Å². The van der Waals surface area contributed by atoms with Crippen LogP contribution in [0.1, 0.15) is 16.1 Å². The van der Waals surface area contributed by atoms with Gasteiger partial charge < -0.3 is 14.4 Å². The van der Waals surface area contributed by atoms with E-state index in [0.29, 0.717) is 0 Å². The van der Waals surface area contributed by atoms with Gasteiger partial charge in [-0.25, -0.2) is 4.79 Å². The molecule has 0 amide bonds. The third-order valence-electron chi connectivity index (χ3n) is 2.63. The fourth-order valence-electron chi connectivity index (χ4n) is 1.79. The van der Waals surface area contributed by atoms with Gasteiger partial charge in [0.15, 0.2) is 0 Å². The standard InChI is InChI=1S/C13H13NO3/c1-9-8-10(17-2)5-6-11(9)14-7-3-4-12(14)13(15)16/h3-8H,1-2H3,(H,15,16). The molecule has 1 aromatic heterocycles. The number of carbonyl (C=O) groups is 1. The first kappa shape index (κ1) is 11.3. The van der Waals surface area contributed by atoms with Crippen LogP contribution in [-0.4, -0.2) is 22.8 Å². The summed E-state index contributed by atoms with van der Waals surface area (Å²) in [5.41, 5.74) is 2.05. The summed E-state index contributed by atoms with van der Waals surface area (Å²) < 4.78 is 6.77. The first-order chi connectivity index (χ1) is 8.13. The summed E-state index contributed by atoms with van der Waals surface area (Å²) in [5, 5.41) is 9.06. The molecule has 0 aliphatic carbocycles. The molecule has 1 aromatic carbocycles. The van der Waals surface area contributed by atoms with Crippen molar-refractivity contribution in [3.8, 4) is 11.4 Å². The van der Waals surface area contributed by atoms with Gasteiger partial charge in [0.2, 0.25) is 0 Å². The molecule has 88 valence electrons. The molecular weight excluding hydrogens is 218 g/mol. The first-order valence-electron chi connectivity index (χ1n) is 5.19. The SMILES string of the molecule is COc1ccc(-n2cccc2C(=O)O)c(C)c1. The number of nitrogens with zero attached hydrogens (tertiary/aromatic N) is 1. The Morgan fingerprint density at radius 3 is 2.71 bits per heavy atom. The van der Waals surface area contributed by atoms with Gasteiger partial charge in [0.05, 0.1) is 7.11 Å². The summed E-state index contributed by atoms with van der Waals surface area (Å²) in [6, 6.07) is 8.83. The molecule has 2 rings (SSSR count). The molecule has 1 heterocycles. The molecular formula is C13H13NO3. The Morgan fingerprint density at radius 1 is 1.35 bits per heavy atom. The van der Waals surface area contributed by atoms with Crippen LogP contribution in [0.4, 0.5) is 0 Å². The maximum Gasteiger partial charge on any atom is 0.352 e. The third kappa shape index (κ3) is 2.01. The van der Waals surface area contributed by atoms with Crippen LogP contribution in [0.2, 0.25) is 0 Å². The molecule has 0 aliphatic rings. The Labute approximate surface area is 99.1 Å². The number of methoxy groups -OCH3 is 1. The van der Waals surface area contributed by atoms with E-state index in [1.165, 1.54) is 0 Å². The van der Waals surface area contributed by atoms with Crippen LogP contribution >= 0.6 is 0 Å². The zero-order valence-electron chi connectivity index (χ0n) is 9.68. The molecule has 2 aromatic rings. The fraction of sp³-hybridized carbons (Fsp3) is 0.154. The van der Waals surface area contributed by atoms with Gasteiger partial charge in [-0.05, 0) is 42.8 Å². The van der Waals surface area contributed by atoms with Crippen LogP contribution in [0.25, 0.3) is 5.69 Å². The minimum Gasteiger partial charge on any atom is -0.497 e. The molecule has 0 bridgehead atoms. The van der Waals surface area contributed by atoms with Crippen molar-refractivity contribution in [3.05, 3.63) is 47.8 Å². The van der Waals surface area contributed by atoms with E-state index in [1.54, 1.807) is 30.0 Å². The van der Waals surface area contributed by atoms with Crippen LogP contribution in [0.3, 0.4) is 0 Å². The van der Waals surface area contributed by atoms with Crippen molar-refractivity contribution in [1.82, 2.24) is 4.57 Å². The number of hydrogen-bond acceptors (Lipinski definition) is 2. The van der Waals surface area contributed by atoms with Crippen LogP contribution < -0.4 is 4.74 Å². The van der Waals surface area contributed by atoms with E-state index >= 15 is 0 Å². The van der Waals surface area contributed by atoms with Crippen LogP contribution in [-0.2, 0) is 0 Å². The van der Waals surface area contributed by atoms with Crippen LogP contribution in [0.15, 0.2) is 36.5 Å². The van der Waals surface area contributed by atoms with Gasteiger partial charge >= 0.3 is 5.97 Å². The minimum absolute atomic E-state index is 0.248. The van der Waals surface area contributed by atoms with Gasteiger partial charge in [0.1, 0.15) is 11.4 Å². The number of benzene rings is 1. The van der Waals surface area contributed by atoms with Gasteiger partial charge in [0.25, 0.3) is 0 Å². The Bertz CT molecular complexity index is 558. The average molecular weight is 231 g/mol. The minimum atomic E-state index is -0.940. The first-order valence-corrected chi connectivity index (χ1v) is 5.19. The molecule has 0 aliphatic heterocycles. The Kier molecular flexibility index (Phi) is 2.87. The number of aromatic nitrogens is 1. The van der Waals surface area contributed by atoms with E-state index in [4.69, 9.17) is 9.84 Å². The molecule has 0 spiro atoms. The average Bonchev–Trinajstić information content (AvgIpc) is 2.77. The van der Waals surface area contributed by atoms with E-state index in [-0.39, 0.29) is 5.69 Å². The predicted molar refractivity (Wildman–Crippen MR) is 64.0 cm³/mol. The smallest absolute Gasteiger partial charge is 0.352 e. The van der Waals surface area contributed by atoms with Crippen LogP contribution in [0, 0.1) is 6.92 Å². The summed E-state index contributed by atoms with van der Waals surface area (Å²) in [6.45, 7) is 1.92. The summed E-state index contributed by atoms with van der Waals surface area (Å²) >= 11 is 0. The zero-order chi connectivity index (χ0) is 12.4. The third-order valence-corrected chi connectivity index (χ3v) is 2.63. The molecule has 17 heavy (non-hydrogen) atoms. The van der Waals surface area contributed by atoms with Gasteiger partial charge in [-0.2, -0.15) is 0 Å². The topological polar surface area (TPSA) is 51.5 Å². The Hall–Kier alpha value is -2.23. The number of rotatable bonds is 3. The number of hydrogen-bond donors (Lipinski definition) is 1. The normalized spacial score (nSPS) is 10.2. The maximum atomic E-state index is 11.0. The monoisotopic (exact) mass is 231 g/mol. The van der Waals surface area contributed by atoms with Crippen molar-refractivity contribution in [3.63, 3.8) is 0 Å².